The van der Waals surface area contributed by atoms with E-state index in [1.807, 2.05) is 0 Å². The van der Waals surface area contributed by atoms with Crippen LogP contribution in [-0.4, -0.2) is 89.7 Å². The summed E-state index contributed by atoms with van der Waals surface area (Å²) >= 11 is 0. The summed E-state index contributed by atoms with van der Waals surface area (Å²) in [5, 5.41) is 5.25. The normalized spacial score (nSPS) is 21.5. The zero-order valence-electron chi connectivity index (χ0n) is 16.6. The Morgan fingerprint density at radius 2 is 0.862 bits per heavy atom. The van der Waals surface area contributed by atoms with Gasteiger partial charge >= 0.3 is 11.9 Å². The standard InChI is InChI=1S/C18H30N2O9/c21-15-1-3-17(23)28-13-11-26-9-10-27-12-14-29-18(24)4-2-16(22)20-6-8-25-7-5-19-15/h1-14H2,(H,19,21)(H,20,22). The summed E-state index contributed by atoms with van der Waals surface area (Å²) in [5.74, 6) is -1.49. The Hall–Kier alpha value is -2.24. The number of nitrogens with one attached hydrogen (secondary N) is 2. The van der Waals surface area contributed by atoms with E-state index in [9.17, 15) is 19.2 Å². The van der Waals surface area contributed by atoms with Crippen LogP contribution < -0.4 is 10.6 Å². The molecule has 2 N–H and O–H groups in total. The molecule has 1 aliphatic heterocycles. The van der Waals surface area contributed by atoms with E-state index in [4.69, 9.17) is 23.7 Å². The molecule has 166 valence electrons. The summed E-state index contributed by atoms with van der Waals surface area (Å²) in [6.45, 7) is 2.37. The second-order valence-electron chi connectivity index (χ2n) is 5.98. The van der Waals surface area contributed by atoms with Gasteiger partial charge in [-0.3, -0.25) is 19.2 Å². The molecule has 0 radical (unpaired) electrons. The van der Waals surface area contributed by atoms with Crippen molar-refractivity contribution in [2.45, 2.75) is 25.7 Å². The van der Waals surface area contributed by atoms with Crippen molar-refractivity contribution in [1.29, 1.82) is 0 Å². The fourth-order valence-corrected chi connectivity index (χ4v) is 2.13. The Kier molecular flexibility index (Phi) is 14.3. The van der Waals surface area contributed by atoms with Gasteiger partial charge in [-0.2, -0.15) is 0 Å². The molecule has 0 aromatic rings. The Morgan fingerprint density at radius 3 is 1.31 bits per heavy atom. The predicted octanol–water partition coefficient (Wildman–Crippen LogP) is -1.07. The van der Waals surface area contributed by atoms with Gasteiger partial charge in [0.05, 0.1) is 52.5 Å². The van der Waals surface area contributed by atoms with Gasteiger partial charge in [-0.25, -0.2) is 0 Å². The monoisotopic (exact) mass is 418 g/mol. The molecule has 0 spiro atoms. The molecule has 29 heavy (non-hydrogen) atoms. The maximum Gasteiger partial charge on any atom is 0.306 e. The van der Waals surface area contributed by atoms with Crippen molar-refractivity contribution < 1.29 is 42.9 Å². The van der Waals surface area contributed by atoms with Crippen molar-refractivity contribution in [3.8, 4) is 0 Å². The quantitative estimate of drug-likeness (QED) is 0.471. The molecule has 2 amide bonds. The maximum absolute atomic E-state index is 11.6. The highest BCUT2D eigenvalue weighted by Crippen LogP contribution is 1.95. The van der Waals surface area contributed by atoms with Crippen LogP contribution in [0.4, 0.5) is 0 Å². The Labute approximate surface area is 169 Å². The second-order valence-corrected chi connectivity index (χ2v) is 5.98. The summed E-state index contributed by atoms with van der Waals surface area (Å²) in [5.41, 5.74) is 0. The number of carbonyl (C=O) groups is 4. The van der Waals surface area contributed by atoms with Crippen LogP contribution in [0.3, 0.4) is 0 Å². The van der Waals surface area contributed by atoms with Gasteiger partial charge in [0.25, 0.3) is 0 Å². The smallest absolute Gasteiger partial charge is 0.306 e. The minimum absolute atomic E-state index is 0.0133. The lowest BCUT2D eigenvalue weighted by molar-refractivity contribution is -0.147. The van der Waals surface area contributed by atoms with Gasteiger partial charge in [-0.05, 0) is 0 Å². The number of amides is 2. The molecular weight excluding hydrogens is 388 g/mol. The first-order valence-electron chi connectivity index (χ1n) is 9.66. The topological polar surface area (TPSA) is 138 Å². The van der Waals surface area contributed by atoms with E-state index in [0.717, 1.165) is 0 Å². The fraction of sp³-hybridized carbons (Fsp3) is 0.778. The summed E-state index contributed by atoms with van der Waals surface area (Å²) in [7, 11) is 0. The van der Waals surface area contributed by atoms with Crippen molar-refractivity contribution in [1.82, 2.24) is 10.6 Å². The second kappa shape index (κ2) is 16.7. The van der Waals surface area contributed by atoms with Crippen molar-refractivity contribution in [3.63, 3.8) is 0 Å². The van der Waals surface area contributed by atoms with Crippen LogP contribution in [0, 0.1) is 0 Å². The van der Waals surface area contributed by atoms with Crippen LogP contribution in [0.1, 0.15) is 25.7 Å². The summed E-state index contributed by atoms with van der Waals surface area (Å²) < 4.78 is 25.7. The van der Waals surface area contributed by atoms with Crippen LogP contribution in [-0.2, 0) is 42.9 Å². The lowest BCUT2D eigenvalue weighted by Crippen LogP contribution is -2.30. The number of ether oxygens (including phenoxy) is 5. The maximum atomic E-state index is 11.6. The van der Waals surface area contributed by atoms with Crippen LogP contribution in [0.25, 0.3) is 0 Å². The van der Waals surface area contributed by atoms with Crippen molar-refractivity contribution in [3.05, 3.63) is 0 Å². The summed E-state index contributed by atoms with van der Waals surface area (Å²) in [6, 6.07) is 0. The zero-order valence-corrected chi connectivity index (χ0v) is 16.6. The van der Waals surface area contributed by atoms with Crippen molar-refractivity contribution in [2.75, 3.05) is 65.9 Å². The predicted molar refractivity (Wildman–Crippen MR) is 98.9 cm³/mol. The van der Waals surface area contributed by atoms with E-state index in [-0.39, 0.29) is 77.1 Å². The van der Waals surface area contributed by atoms with Gasteiger partial charge in [0.15, 0.2) is 0 Å². The van der Waals surface area contributed by atoms with Gasteiger partial charge in [-0.15, -0.1) is 0 Å². The number of cyclic esters (lactones) is 2. The number of rotatable bonds is 0. The third-order valence-electron chi connectivity index (χ3n) is 3.60. The van der Waals surface area contributed by atoms with Crippen molar-refractivity contribution in [2.24, 2.45) is 0 Å². The van der Waals surface area contributed by atoms with Crippen molar-refractivity contribution >= 4 is 23.8 Å². The molecule has 11 heteroatoms. The molecule has 0 unspecified atom stereocenters. The lowest BCUT2D eigenvalue weighted by atomic mass is 10.3. The van der Waals surface area contributed by atoms with Gasteiger partial charge in [0.2, 0.25) is 11.8 Å². The summed E-state index contributed by atoms with van der Waals surface area (Å²) in [6.07, 6.45) is 0.0376. The molecule has 1 heterocycles. The largest absolute Gasteiger partial charge is 0.463 e. The Morgan fingerprint density at radius 1 is 0.483 bits per heavy atom. The molecule has 0 aliphatic carbocycles. The van der Waals surface area contributed by atoms with Crippen LogP contribution >= 0.6 is 0 Å². The number of esters is 2. The minimum Gasteiger partial charge on any atom is -0.463 e. The molecule has 0 aromatic carbocycles. The van der Waals surface area contributed by atoms with Crippen LogP contribution in [0.2, 0.25) is 0 Å². The van der Waals surface area contributed by atoms with E-state index in [0.29, 0.717) is 26.3 Å². The molecule has 0 saturated carbocycles. The third kappa shape index (κ3) is 15.4. The Bertz CT molecular complexity index is 470. The highest BCUT2D eigenvalue weighted by Gasteiger charge is 2.09. The van der Waals surface area contributed by atoms with Gasteiger partial charge in [0.1, 0.15) is 13.2 Å². The first-order chi connectivity index (χ1) is 14.1. The number of carbonyl (C=O) groups excluding carboxylic acids is 4. The number of hydrogen-bond donors (Lipinski definition) is 2. The highest BCUT2D eigenvalue weighted by atomic mass is 16.6. The van der Waals surface area contributed by atoms with E-state index in [1.54, 1.807) is 0 Å². The lowest BCUT2D eigenvalue weighted by Gasteiger charge is -2.08. The molecule has 0 atom stereocenters. The third-order valence-corrected chi connectivity index (χ3v) is 3.60. The molecule has 1 fully saturated rings. The zero-order chi connectivity index (χ0) is 21.2. The molecule has 1 rings (SSSR count). The molecular formula is C18H30N2O9. The average Bonchev–Trinajstić information content (AvgIpc) is 2.70. The molecule has 1 aliphatic rings. The van der Waals surface area contributed by atoms with E-state index < -0.39 is 11.9 Å². The first kappa shape index (κ1) is 24.8. The fourth-order valence-electron chi connectivity index (χ4n) is 2.13. The molecule has 11 nitrogen and oxygen atoms in total. The van der Waals surface area contributed by atoms with E-state index in [1.165, 1.54) is 0 Å². The van der Waals surface area contributed by atoms with E-state index >= 15 is 0 Å². The van der Waals surface area contributed by atoms with E-state index in [2.05, 4.69) is 10.6 Å². The van der Waals surface area contributed by atoms with Gasteiger partial charge in [-0.1, -0.05) is 0 Å². The molecule has 0 aromatic heterocycles. The van der Waals surface area contributed by atoms with Gasteiger partial charge in [0, 0.05) is 25.9 Å². The Balaban J connectivity index is 2.29. The number of hydrogen-bond acceptors (Lipinski definition) is 9. The average molecular weight is 418 g/mol. The first-order valence-corrected chi connectivity index (χ1v) is 9.66. The van der Waals surface area contributed by atoms with Gasteiger partial charge < -0.3 is 34.3 Å². The highest BCUT2D eigenvalue weighted by molar-refractivity contribution is 5.81. The summed E-state index contributed by atoms with van der Waals surface area (Å²) in [4.78, 5) is 46.3. The SMILES string of the molecule is O=C1CCC(=O)OCCOCCOCCOC(=O)CCC(=O)NCCOCCN1. The van der Waals surface area contributed by atoms with Crippen LogP contribution in [0.5, 0.6) is 0 Å². The minimum atomic E-state index is -0.473. The molecule has 1 saturated heterocycles. The molecule has 0 bridgehead atoms. The van der Waals surface area contributed by atoms with Crippen LogP contribution in [0.15, 0.2) is 0 Å².